The number of phenols is 9. The Morgan fingerprint density at radius 3 is 1.24 bits per heavy atom. The zero-order chi connectivity index (χ0) is 68.8. The monoisotopic (exact) mass is 1310 g/mol. The van der Waals surface area contributed by atoms with Gasteiger partial charge in [-0.15, -0.1) is 0 Å². The minimum absolute atomic E-state index is 0.0232. The Balaban J connectivity index is 0.000000127. The largest absolute Gasteiger partial charge is 0.508 e. The van der Waals surface area contributed by atoms with Crippen LogP contribution in [0.25, 0.3) is 143 Å². The van der Waals surface area contributed by atoms with Crippen molar-refractivity contribution in [1.29, 1.82) is 0 Å². The minimum Gasteiger partial charge on any atom is -0.508 e. The molecule has 18 heteroatoms. The highest BCUT2D eigenvalue weighted by Gasteiger charge is 2.24. The molecule has 9 N–H and O–H groups in total. The summed E-state index contributed by atoms with van der Waals surface area (Å²) in [7, 11) is 0. The van der Waals surface area contributed by atoms with Crippen molar-refractivity contribution in [2.45, 2.75) is 33.8 Å². The number of hydrogen-bond donors (Lipinski definition) is 9. The van der Waals surface area contributed by atoms with Crippen molar-refractivity contribution in [3.63, 3.8) is 0 Å². The second kappa shape index (κ2) is 26.2. The van der Waals surface area contributed by atoms with Gasteiger partial charge in [0.2, 0.25) is 17.6 Å². The lowest BCUT2D eigenvalue weighted by Crippen LogP contribution is -2.08. The van der Waals surface area contributed by atoms with Gasteiger partial charge in [0.1, 0.15) is 68.4 Å². The molecule has 0 saturated heterocycles. The zero-order valence-electron chi connectivity index (χ0n) is 53.7. The van der Waals surface area contributed by atoms with E-state index in [9.17, 15) is 46.0 Å². The maximum atomic E-state index is 10.4. The molecule has 3 aromatic heterocycles. The summed E-state index contributed by atoms with van der Waals surface area (Å²) in [6.45, 7) is 8.26. The lowest BCUT2D eigenvalue weighted by Gasteiger charge is -2.15. The predicted octanol–water partition coefficient (Wildman–Crippen LogP) is 17.9. The Morgan fingerprint density at radius 1 is 0.303 bits per heavy atom. The lowest BCUT2D eigenvalue weighted by atomic mass is 9.91. The number of aromatic nitrogens is 6. The minimum atomic E-state index is -0.329. The van der Waals surface area contributed by atoms with Crippen LogP contribution < -0.4 is 14.2 Å². The van der Waals surface area contributed by atoms with Crippen LogP contribution in [0, 0.1) is 0 Å². The average Bonchev–Trinajstić information content (AvgIpc) is 0.749. The number of nitrogens with zero attached hydrogens (tertiary/aromatic N) is 6. The van der Waals surface area contributed by atoms with Gasteiger partial charge in [-0.2, -0.15) is 15.0 Å². The summed E-state index contributed by atoms with van der Waals surface area (Å²) in [4.78, 5) is 27.1. The van der Waals surface area contributed by atoms with E-state index in [1.807, 2.05) is 94.4 Å². The molecule has 0 spiro atoms. The van der Waals surface area contributed by atoms with Crippen molar-refractivity contribution >= 4 is 75.4 Å². The van der Waals surface area contributed by atoms with Crippen LogP contribution in [-0.4, -0.2) is 95.2 Å². The third-order valence-corrected chi connectivity index (χ3v) is 16.8. The van der Waals surface area contributed by atoms with Crippen LogP contribution in [0.1, 0.15) is 27.7 Å². The molecule has 0 saturated carbocycles. The second-order valence-corrected chi connectivity index (χ2v) is 23.8. The van der Waals surface area contributed by atoms with Crippen LogP contribution in [-0.2, 0) is 0 Å². The summed E-state index contributed by atoms with van der Waals surface area (Å²) < 4.78 is 17.2. The maximum Gasteiger partial charge on any atom is 0.217 e. The first-order valence-electron chi connectivity index (χ1n) is 31.8. The van der Waals surface area contributed by atoms with E-state index in [4.69, 9.17) is 19.2 Å². The summed E-state index contributed by atoms with van der Waals surface area (Å²) in [6.07, 6.45) is -0.134. The number of aromatic hydroxyl groups is 9. The molecule has 0 amide bonds. The molecule has 0 radical (unpaired) electrons. The van der Waals surface area contributed by atoms with Crippen molar-refractivity contribution in [3.05, 3.63) is 218 Å². The second-order valence-electron chi connectivity index (χ2n) is 23.8. The van der Waals surface area contributed by atoms with Gasteiger partial charge in [-0.05, 0) is 127 Å². The lowest BCUT2D eigenvalue weighted by molar-refractivity contribution is 0.232. The standard InChI is InChI=1S/C28H20N2O4.C27H22N2O4.C26H20N2O4/c1-2-34-24-14-21(29-28(30-24)27-22(32)12-18(31)13-23(27)33)19-10-8-17-7-6-15-4-3-5-16-9-11-20(19)26(17)25(15)16;1-15(2)33-25-14-22(28-27(29-25)26-23(31)12-21(30)13-24(26)32)19-8-7-18-9-16-5-3-4-6-17(16)10-20(18)11-19;1-2-32-24-14-21(27-26(28-24)25-22(30)12-16(29)13-23(25)31)20-11-15-7-3-4-8-17(15)18-9-5-6-10-19(18)20/h3-14,31-33H,2H2,1H3;3-15,30-32H,1-2H3;3-14,29-31H,2H2,1H3. The highest BCUT2D eigenvalue weighted by molar-refractivity contribution is 6.25. The molecule has 18 nitrogen and oxygen atoms in total. The Labute approximate surface area is 565 Å². The van der Waals surface area contributed by atoms with E-state index in [-0.39, 0.29) is 92.0 Å². The summed E-state index contributed by atoms with van der Waals surface area (Å²) >= 11 is 0. The molecule has 0 fully saturated rings. The van der Waals surface area contributed by atoms with Gasteiger partial charge < -0.3 is 60.2 Å². The molecule has 99 heavy (non-hydrogen) atoms. The average molecular weight is 1310 g/mol. The normalized spacial score (nSPS) is 11.4. The smallest absolute Gasteiger partial charge is 0.217 e. The SMILES string of the molecule is CC(C)Oc1cc(-c2ccc3cc4ccccc4cc3c2)nc(-c2c(O)cc(O)cc2O)n1.CCOc1cc(-c2cc3ccccc3c3ccccc23)nc(-c2c(O)cc(O)cc2O)n1.CCOc1cc(-c2ccc3ccc4cccc5ccc2c3c45)nc(-c2c(O)cc(O)cc2O)n1. The third-order valence-electron chi connectivity index (χ3n) is 16.8. The van der Waals surface area contributed by atoms with Gasteiger partial charge in [-0.3, -0.25) is 0 Å². The molecular weight excluding hydrogens is 1250 g/mol. The molecule has 0 aliphatic carbocycles. The van der Waals surface area contributed by atoms with Crippen LogP contribution in [0.5, 0.6) is 69.4 Å². The van der Waals surface area contributed by atoms with Crippen LogP contribution in [0.15, 0.2) is 218 Å². The van der Waals surface area contributed by atoms with E-state index in [1.165, 1.54) is 21.5 Å². The van der Waals surface area contributed by atoms with Crippen molar-refractivity contribution in [1.82, 2.24) is 29.9 Å². The topological polar surface area (TPSA) is 287 Å². The molecule has 16 aromatic rings. The molecule has 0 aliphatic heterocycles. The van der Waals surface area contributed by atoms with Crippen LogP contribution >= 0.6 is 0 Å². The molecule has 488 valence electrons. The fourth-order valence-electron chi connectivity index (χ4n) is 12.6. The number of ether oxygens (including phenoxy) is 3. The first kappa shape index (κ1) is 63.2. The first-order valence-corrected chi connectivity index (χ1v) is 31.8. The Morgan fingerprint density at radius 2 is 0.707 bits per heavy atom. The number of phenolic OH excluding ortho intramolecular Hbond substituents is 9. The van der Waals surface area contributed by atoms with E-state index in [0.29, 0.717) is 47.9 Å². The zero-order valence-corrected chi connectivity index (χ0v) is 53.7. The van der Waals surface area contributed by atoms with E-state index >= 15 is 0 Å². The van der Waals surface area contributed by atoms with Crippen LogP contribution in [0.4, 0.5) is 0 Å². The predicted molar refractivity (Wildman–Crippen MR) is 386 cm³/mol. The van der Waals surface area contributed by atoms with Gasteiger partial charge in [0.05, 0.1) is 36.4 Å². The number of fused-ring (bicyclic) bond motifs is 5. The number of hydrogen-bond acceptors (Lipinski definition) is 18. The summed E-state index contributed by atoms with van der Waals surface area (Å²) in [5.74, 6) is -1.50. The van der Waals surface area contributed by atoms with E-state index in [1.54, 1.807) is 18.2 Å². The molecule has 13 aromatic carbocycles. The van der Waals surface area contributed by atoms with Crippen molar-refractivity contribution in [2.24, 2.45) is 0 Å². The fraction of sp³-hybridized carbons (Fsp3) is 0.0864. The molecule has 0 bridgehead atoms. The van der Waals surface area contributed by atoms with Gasteiger partial charge >= 0.3 is 0 Å². The van der Waals surface area contributed by atoms with Gasteiger partial charge in [0.15, 0.2) is 17.5 Å². The molecular formula is C81H62N6O12. The Bertz CT molecular complexity index is 5740. The van der Waals surface area contributed by atoms with Crippen molar-refractivity contribution in [2.75, 3.05) is 13.2 Å². The highest BCUT2D eigenvalue weighted by atomic mass is 16.5. The Kier molecular flexibility index (Phi) is 16.7. The third kappa shape index (κ3) is 12.5. The summed E-state index contributed by atoms with van der Waals surface area (Å²) in [5, 5.41) is 107. The van der Waals surface area contributed by atoms with E-state index in [0.717, 1.165) is 107 Å². The Hall–Kier alpha value is -13.2. The van der Waals surface area contributed by atoms with Crippen molar-refractivity contribution < 1.29 is 60.2 Å². The van der Waals surface area contributed by atoms with Gasteiger partial charge in [-0.25, -0.2) is 15.0 Å². The van der Waals surface area contributed by atoms with Crippen molar-refractivity contribution in [3.8, 4) is 137 Å². The van der Waals surface area contributed by atoms with E-state index in [2.05, 4.69) is 122 Å². The first-order chi connectivity index (χ1) is 47.9. The number of rotatable bonds is 12. The van der Waals surface area contributed by atoms with E-state index < -0.39 is 0 Å². The van der Waals surface area contributed by atoms with Crippen LogP contribution in [0.2, 0.25) is 0 Å². The van der Waals surface area contributed by atoms with Gasteiger partial charge in [-0.1, -0.05) is 140 Å². The molecule has 0 atom stereocenters. The molecule has 16 rings (SSSR count). The maximum absolute atomic E-state index is 10.4. The molecule has 3 heterocycles. The van der Waals surface area contributed by atoms with Gasteiger partial charge in [0, 0.05) is 71.3 Å². The fourth-order valence-corrected chi connectivity index (χ4v) is 12.6. The number of benzene rings is 13. The van der Waals surface area contributed by atoms with Gasteiger partial charge in [0.25, 0.3) is 0 Å². The quantitative estimate of drug-likeness (QED) is 0.0406. The summed E-state index contributed by atoms with van der Waals surface area (Å²) in [5.41, 5.74) is 4.44. The highest BCUT2D eigenvalue weighted by Crippen LogP contribution is 2.46. The molecule has 0 aliphatic rings. The summed E-state index contributed by atoms with van der Waals surface area (Å²) in [6, 6.07) is 67.7. The molecule has 0 unspecified atom stereocenters. The van der Waals surface area contributed by atoms with Crippen LogP contribution in [0.3, 0.4) is 0 Å².